The van der Waals surface area contributed by atoms with Crippen LogP contribution in [0.25, 0.3) is 0 Å². The minimum absolute atomic E-state index is 0.374. The average Bonchev–Trinajstić information content (AvgIpc) is 1.94. The van der Waals surface area contributed by atoms with Crippen LogP contribution in [-0.4, -0.2) is 10.9 Å². The summed E-state index contributed by atoms with van der Waals surface area (Å²) in [7, 11) is 0. The molecule has 10 heavy (non-hydrogen) atoms. The van der Waals surface area contributed by atoms with Crippen molar-refractivity contribution >= 4 is 15.9 Å². The standard InChI is InChI=1S/C7H11BrN2/c8-6-3-1-2-4-7(6)10-5-9/h6-7,10H,1-4H2. The van der Waals surface area contributed by atoms with Gasteiger partial charge in [-0.05, 0) is 12.8 Å². The fraction of sp³-hybridized carbons (Fsp3) is 0.857. The zero-order valence-electron chi connectivity index (χ0n) is 5.81. The van der Waals surface area contributed by atoms with Crippen LogP contribution in [-0.2, 0) is 0 Å². The van der Waals surface area contributed by atoms with Crippen LogP contribution >= 0.6 is 15.9 Å². The minimum Gasteiger partial charge on any atom is -0.320 e. The van der Waals surface area contributed by atoms with Crippen LogP contribution in [0.15, 0.2) is 0 Å². The molecular weight excluding hydrogens is 192 g/mol. The summed E-state index contributed by atoms with van der Waals surface area (Å²) < 4.78 is 0. The maximum atomic E-state index is 8.35. The van der Waals surface area contributed by atoms with Gasteiger partial charge in [-0.15, -0.1) is 0 Å². The van der Waals surface area contributed by atoms with E-state index in [4.69, 9.17) is 5.26 Å². The van der Waals surface area contributed by atoms with Crippen molar-refractivity contribution in [1.29, 1.82) is 5.26 Å². The number of nitrogens with zero attached hydrogens (tertiary/aromatic N) is 1. The van der Waals surface area contributed by atoms with Gasteiger partial charge in [0, 0.05) is 10.9 Å². The van der Waals surface area contributed by atoms with E-state index in [-0.39, 0.29) is 0 Å². The van der Waals surface area contributed by atoms with Gasteiger partial charge in [0.1, 0.15) is 0 Å². The van der Waals surface area contributed by atoms with Gasteiger partial charge in [0.25, 0.3) is 0 Å². The second-order valence-corrected chi connectivity index (χ2v) is 3.84. The molecule has 56 valence electrons. The Kier molecular flexibility index (Phi) is 3.01. The Morgan fingerprint density at radius 1 is 1.40 bits per heavy atom. The molecule has 0 saturated heterocycles. The lowest BCUT2D eigenvalue weighted by Gasteiger charge is -2.25. The Morgan fingerprint density at radius 2 is 2.10 bits per heavy atom. The summed E-state index contributed by atoms with van der Waals surface area (Å²) in [6.07, 6.45) is 6.85. The molecule has 0 radical (unpaired) electrons. The molecule has 1 fully saturated rings. The third-order valence-corrected chi connectivity index (χ3v) is 3.03. The Bertz CT molecular complexity index is 141. The minimum atomic E-state index is 0.374. The second-order valence-electron chi connectivity index (χ2n) is 2.66. The maximum absolute atomic E-state index is 8.35. The van der Waals surface area contributed by atoms with E-state index in [1.54, 1.807) is 0 Å². The summed E-state index contributed by atoms with van der Waals surface area (Å²) in [6, 6.07) is 0.374. The van der Waals surface area contributed by atoms with Gasteiger partial charge < -0.3 is 5.32 Å². The molecule has 1 aliphatic carbocycles. The molecule has 2 atom stereocenters. The summed E-state index contributed by atoms with van der Waals surface area (Å²) in [5, 5.41) is 11.1. The van der Waals surface area contributed by atoms with Crippen LogP contribution < -0.4 is 5.32 Å². The third-order valence-electron chi connectivity index (χ3n) is 1.93. The molecule has 2 nitrogen and oxygen atoms in total. The van der Waals surface area contributed by atoms with Crippen LogP contribution in [0.4, 0.5) is 0 Å². The van der Waals surface area contributed by atoms with Crippen molar-refractivity contribution < 1.29 is 0 Å². The van der Waals surface area contributed by atoms with Crippen molar-refractivity contribution in [3.8, 4) is 6.19 Å². The van der Waals surface area contributed by atoms with Crippen molar-refractivity contribution in [3.05, 3.63) is 0 Å². The highest BCUT2D eigenvalue weighted by Crippen LogP contribution is 2.23. The monoisotopic (exact) mass is 202 g/mol. The highest BCUT2D eigenvalue weighted by molar-refractivity contribution is 9.09. The first-order valence-corrected chi connectivity index (χ1v) is 4.55. The van der Waals surface area contributed by atoms with Gasteiger partial charge in [-0.1, -0.05) is 28.8 Å². The number of hydrogen-bond acceptors (Lipinski definition) is 2. The first kappa shape index (κ1) is 7.87. The van der Waals surface area contributed by atoms with Crippen molar-refractivity contribution in [2.75, 3.05) is 0 Å². The van der Waals surface area contributed by atoms with E-state index < -0.39 is 0 Å². The number of rotatable bonds is 1. The summed E-state index contributed by atoms with van der Waals surface area (Å²) >= 11 is 3.54. The average molecular weight is 203 g/mol. The maximum Gasteiger partial charge on any atom is 0.176 e. The smallest absolute Gasteiger partial charge is 0.176 e. The van der Waals surface area contributed by atoms with Crippen molar-refractivity contribution in [1.82, 2.24) is 5.32 Å². The van der Waals surface area contributed by atoms with Crippen LogP contribution in [0.1, 0.15) is 25.7 Å². The number of halogens is 1. The van der Waals surface area contributed by atoms with E-state index >= 15 is 0 Å². The molecule has 0 heterocycles. The number of nitrogens with one attached hydrogen (secondary N) is 1. The SMILES string of the molecule is N#CNC1CCCCC1Br. The van der Waals surface area contributed by atoms with Crippen LogP contribution in [0, 0.1) is 11.5 Å². The van der Waals surface area contributed by atoms with Gasteiger partial charge in [0.15, 0.2) is 6.19 Å². The topological polar surface area (TPSA) is 35.8 Å². The van der Waals surface area contributed by atoms with E-state index in [0.717, 1.165) is 6.42 Å². The van der Waals surface area contributed by atoms with Gasteiger partial charge >= 0.3 is 0 Å². The zero-order chi connectivity index (χ0) is 7.40. The number of alkyl halides is 1. The Labute approximate surface area is 69.7 Å². The van der Waals surface area contributed by atoms with Gasteiger partial charge in [-0.3, -0.25) is 0 Å². The molecule has 2 unspecified atom stereocenters. The Balaban J connectivity index is 2.34. The molecular formula is C7H11BrN2. The fourth-order valence-electron chi connectivity index (χ4n) is 1.33. The zero-order valence-corrected chi connectivity index (χ0v) is 7.39. The van der Waals surface area contributed by atoms with Crippen LogP contribution in [0.5, 0.6) is 0 Å². The van der Waals surface area contributed by atoms with Crippen molar-refractivity contribution in [2.45, 2.75) is 36.6 Å². The van der Waals surface area contributed by atoms with Gasteiger partial charge in [-0.2, -0.15) is 5.26 Å². The largest absolute Gasteiger partial charge is 0.320 e. The predicted molar refractivity (Wildman–Crippen MR) is 43.7 cm³/mol. The summed E-state index contributed by atoms with van der Waals surface area (Å²) in [6.45, 7) is 0. The first-order chi connectivity index (χ1) is 4.84. The van der Waals surface area contributed by atoms with E-state index in [1.807, 2.05) is 6.19 Å². The normalized spacial score (nSPS) is 32.8. The summed E-state index contributed by atoms with van der Waals surface area (Å²) in [5.74, 6) is 0. The molecule has 0 amide bonds. The Hall–Kier alpha value is -0.230. The lowest BCUT2D eigenvalue weighted by atomic mass is 9.96. The molecule has 1 aliphatic rings. The molecule has 0 aromatic heterocycles. The van der Waals surface area contributed by atoms with Crippen LogP contribution in [0.3, 0.4) is 0 Å². The van der Waals surface area contributed by atoms with Crippen LogP contribution in [0.2, 0.25) is 0 Å². The number of hydrogen-bond donors (Lipinski definition) is 1. The van der Waals surface area contributed by atoms with E-state index in [0.29, 0.717) is 10.9 Å². The molecule has 1 rings (SSSR count). The predicted octanol–water partition coefficient (Wildman–Crippen LogP) is 1.76. The first-order valence-electron chi connectivity index (χ1n) is 3.63. The molecule has 0 spiro atoms. The van der Waals surface area contributed by atoms with Crippen molar-refractivity contribution in [3.63, 3.8) is 0 Å². The summed E-state index contributed by atoms with van der Waals surface area (Å²) in [5.41, 5.74) is 0. The highest BCUT2D eigenvalue weighted by Gasteiger charge is 2.21. The van der Waals surface area contributed by atoms with Crippen molar-refractivity contribution in [2.24, 2.45) is 0 Å². The molecule has 0 aromatic rings. The molecule has 1 N–H and O–H groups in total. The quantitative estimate of drug-likeness (QED) is 0.400. The molecule has 1 saturated carbocycles. The third kappa shape index (κ3) is 1.88. The molecule has 0 aromatic carbocycles. The van der Waals surface area contributed by atoms with Gasteiger partial charge in [0.2, 0.25) is 0 Å². The van der Waals surface area contributed by atoms with Gasteiger partial charge in [-0.25, -0.2) is 0 Å². The van der Waals surface area contributed by atoms with E-state index in [1.165, 1.54) is 19.3 Å². The van der Waals surface area contributed by atoms with Gasteiger partial charge in [0.05, 0.1) is 0 Å². The molecule has 3 heteroatoms. The lowest BCUT2D eigenvalue weighted by Crippen LogP contribution is -2.36. The highest BCUT2D eigenvalue weighted by atomic mass is 79.9. The van der Waals surface area contributed by atoms with E-state index in [2.05, 4.69) is 21.2 Å². The molecule has 0 bridgehead atoms. The van der Waals surface area contributed by atoms with E-state index in [9.17, 15) is 0 Å². The number of nitriles is 1. The summed E-state index contributed by atoms with van der Waals surface area (Å²) in [4.78, 5) is 0.501. The second kappa shape index (κ2) is 3.82. The lowest BCUT2D eigenvalue weighted by molar-refractivity contribution is 0.424. The Morgan fingerprint density at radius 3 is 2.70 bits per heavy atom. The fourth-order valence-corrected chi connectivity index (χ4v) is 2.05. The molecule has 0 aliphatic heterocycles.